The van der Waals surface area contributed by atoms with Gasteiger partial charge in [-0.15, -0.1) is 0 Å². The Kier molecular flexibility index (Phi) is 5.32. The van der Waals surface area contributed by atoms with Crippen LogP contribution in [0.5, 0.6) is 11.5 Å². The third kappa shape index (κ3) is 3.75. The number of nitrogens with zero attached hydrogens (tertiary/aromatic N) is 1. The third-order valence-corrected chi connectivity index (χ3v) is 4.52. The molecule has 2 aromatic rings. The van der Waals surface area contributed by atoms with Gasteiger partial charge in [0.25, 0.3) is 0 Å². The third-order valence-electron chi connectivity index (χ3n) is 4.28. The molecule has 1 atom stereocenters. The first-order valence-corrected chi connectivity index (χ1v) is 8.48. The van der Waals surface area contributed by atoms with Gasteiger partial charge in [-0.05, 0) is 30.3 Å². The molecule has 1 fully saturated rings. The Morgan fingerprint density at radius 2 is 2.00 bits per heavy atom. The molecular formula is C19H19ClN2O4. The zero-order valence-corrected chi connectivity index (χ0v) is 15.2. The predicted molar refractivity (Wildman–Crippen MR) is 100 cm³/mol. The first kappa shape index (κ1) is 18.1. The van der Waals surface area contributed by atoms with Crippen LogP contribution >= 0.6 is 11.6 Å². The van der Waals surface area contributed by atoms with Crippen molar-refractivity contribution in [1.29, 1.82) is 0 Å². The number of carbonyl (C=O) groups is 2. The van der Waals surface area contributed by atoms with E-state index in [0.717, 1.165) is 0 Å². The van der Waals surface area contributed by atoms with Gasteiger partial charge < -0.3 is 19.7 Å². The number of benzene rings is 2. The highest BCUT2D eigenvalue weighted by Gasteiger charge is 2.35. The molecule has 0 bridgehead atoms. The van der Waals surface area contributed by atoms with Crippen LogP contribution in [0.25, 0.3) is 0 Å². The number of carbonyl (C=O) groups excluding carboxylic acids is 2. The van der Waals surface area contributed by atoms with E-state index in [2.05, 4.69) is 5.32 Å². The number of methoxy groups -OCH3 is 2. The van der Waals surface area contributed by atoms with Crippen LogP contribution in [0.2, 0.25) is 5.02 Å². The van der Waals surface area contributed by atoms with Crippen molar-refractivity contribution in [2.45, 2.75) is 6.42 Å². The lowest BCUT2D eigenvalue weighted by atomic mass is 10.1. The average molecular weight is 375 g/mol. The molecule has 0 spiro atoms. The molecular weight excluding hydrogens is 356 g/mol. The van der Waals surface area contributed by atoms with E-state index >= 15 is 0 Å². The summed E-state index contributed by atoms with van der Waals surface area (Å²) in [4.78, 5) is 26.5. The van der Waals surface area contributed by atoms with Gasteiger partial charge in [0.05, 0.1) is 25.8 Å². The molecule has 1 aliphatic rings. The van der Waals surface area contributed by atoms with Crippen molar-refractivity contribution in [3.05, 3.63) is 47.5 Å². The zero-order chi connectivity index (χ0) is 18.7. The summed E-state index contributed by atoms with van der Waals surface area (Å²) >= 11 is 5.99. The lowest BCUT2D eigenvalue weighted by Crippen LogP contribution is -2.28. The van der Waals surface area contributed by atoms with E-state index in [4.69, 9.17) is 21.1 Å². The van der Waals surface area contributed by atoms with Crippen LogP contribution in [0.15, 0.2) is 42.5 Å². The monoisotopic (exact) mass is 374 g/mol. The lowest BCUT2D eigenvalue weighted by molar-refractivity contribution is -0.122. The van der Waals surface area contributed by atoms with Gasteiger partial charge in [-0.1, -0.05) is 17.7 Å². The highest BCUT2D eigenvalue weighted by Crippen LogP contribution is 2.31. The van der Waals surface area contributed by atoms with Crippen LogP contribution in [0.4, 0.5) is 11.4 Å². The van der Waals surface area contributed by atoms with Crippen LogP contribution in [0.3, 0.4) is 0 Å². The summed E-state index contributed by atoms with van der Waals surface area (Å²) in [5, 5.41) is 3.38. The molecule has 6 nitrogen and oxygen atoms in total. The molecule has 26 heavy (non-hydrogen) atoms. The maximum absolute atomic E-state index is 12.6. The second-order valence-electron chi connectivity index (χ2n) is 5.94. The largest absolute Gasteiger partial charge is 0.497 e. The Morgan fingerprint density at radius 1 is 1.19 bits per heavy atom. The maximum atomic E-state index is 12.6. The van der Waals surface area contributed by atoms with Gasteiger partial charge in [0.2, 0.25) is 11.8 Å². The molecule has 1 saturated heterocycles. The summed E-state index contributed by atoms with van der Waals surface area (Å²) in [6.07, 6.45) is 0.150. The molecule has 2 amide bonds. The van der Waals surface area contributed by atoms with Gasteiger partial charge >= 0.3 is 0 Å². The van der Waals surface area contributed by atoms with Gasteiger partial charge in [0, 0.05) is 29.7 Å². The van der Waals surface area contributed by atoms with Gasteiger partial charge in [0.15, 0.2) is 0 Å². The van der Waals surface area contributed by atoms with Crippen molar-refractivity contribution in [3.8, 4) is 11.5 Å². The number of hydrogen-bond acceptors (Lipinski definition) is 4. The Bertz CT molecular complexity index is 840. The lowest BCUT2D eigenvalue weighted by Gasteiger charge is -2.17. The summed E-state index contributed by atoms with van der Waals surface area (Å²) in [5.41, 5.74) is 1.23. The molecule has 0 aromatic heterocycles. The molecule has 3 rings (SSSR count). The van der Waals surface area contributed by atoms with E-state index in [9.17, 15) is 9.59 Å². The highest BCUT2D eigenvalue weighted by atomic mass is 35.5. The number of anilines is 2. The minimum atomic E-state index is -0.451. The number of hydrogen-bond donors (Lipinski definition) is 1. The molecule has 1 aliphatic heterocycles. The maximum Gasteiger partial charge on any atom is 0.229 e. The second-order valence-corrected chi connectivity index (χ2v) is 6.38. The van der Waals surface area contributed by atoms with Crippen molar-refractivity contribution in [1.82, 2.24) is 0 Å². The van der Waals surface area contributed by atoms with Crippen LogP contribution in [0, 0.1) is 5.92 Å². The fourth-order valence-corrected chi connectivity index (χ4v) is 3.10. The van der Waals surface area contributed by atoms with E-state index in [-0.39, 0.29) is 18.2 Å². The fraction of sp³-hybridized carbons (Fsp3) is 0.263. The predicted octanol–water partition coefficient (Wildman–Crippen LogP) is 3.35. The summed E-state index contributed by atoms with van der Waals surface area (Å²) in [6.45, 7) is 0.309. The minimum absolute atomic E-state index is 0.103. The minimum Gasteiger partial charge on any atom is -0.497 e. The second kappa shape index (κ2) is 7.66. The Balaban J connectivity index is 1.72. The number of amides is 2. The topological polar surface area (TPSA) is 67.9 Å². The molecule has 0 radical (unpaired) electrons. The quantitative estimate of drug-likeness (QED) is 0.871. The first-order chi connectivity index (χ1) is 12.5. The van der Waals surface area contributed by atoms with E-state index in [1.54, 1.807) is 54.5 Å². The van der Waals surface area contributed by atoms with Crippen molar-refractivity contribution >= 4 is 34.8 Å². The number of halogens is 1. The summed E-state index contributed by atoms with van der Waals surface area (Å²) in [7, 11) is 3.08. The van der Waals surface area contributed by atoms with E-state index < -0.39 is 5.92 Å². The molecule has 7 heteroatoms. The molecule has 1 heterocycles. The van der Waals surface area contributed by atoms with E-state index in [0.29, 0.717) is 34.4 Å². The van der Waals surface area contributed by atoms with Gasteiger partial charge in [-0.25, -0.2) is 0 Å². The Labute approximate surface area is 156 Å². The summed E-state index contributed by atoms with van der Waals surface area (Å²) < 4.78 is 10.4. The molecule has 0 aliphatic carbocycles. The summed E-state index contributed by atoms with van der Waals surface area (Å²) in [5.74, 6) is 0.338. The van der Waals surface area contributed by atoms with Gasteiger partial charge in [-0.3, -0.25) is 9.59 Å². The van der Waals surface area contributed by atoms with Crippen molar-refractivity contribution in [3.63, 3.8) is 0 Å². The highest BCUT2D eigenvalue weighted by molar-refractivity contribution is 6.31. The average Bonchev–Trinajstić information content (AvgIpc) is 3.04. The zero-order valence-electron chi connectivity index (χ0n) is 14.5. The molecule has 1 N–H and O–H groups in total. The van der Waals surface area contributed by atoms with Crippen LogP contribution in [-0.2, 0) is 9.59 Å². The SMILES string of the molecule is COc1ccc(NC(=O)[C@H]2CC(=O)N(c3cccc(Cl)c3)C2)c(OC)c1. The van der Waals surface area contributed by atoms with Crippen molar-refractivity contribution in [2.75, 3.05) is 31.0 Å². The van der Waals surface area contributed by atoms with Crippen molar-refractivity contribution in [2.24, 2.45) is 5.92 Å². The van der Waals surface area contributed by atoms with Crippen molar-refractivity contribution < 1.29 is 19.1 Å². The molecule has 0 saturated carbocycles. The van der Waals surface area contributed by atoms with Crippen LogP contribution in [0.1, 0.15) is 6.42 Å². The fourth-order valence-electron chi connectivity index (χ4n) is 2.91. The van der Waals surface area contributed by atoms with Gasteiger partial charge in [-0.2, -0.15) is 0 Å². The normalized spacial score (nSPS) is 16.5. The summed E-state index contributed by atoms with van der Waals surface area (Å²) in [6, 6.07) is 12.2. The van der Waals surface area contributed by atoms with Crippen LogP contribution in [-0.4, -0.2) is 32.6 Å². The molecule has 0 unspecified atom stereocenters. The van der Waals surface area contributed by atoms with Crippen LogP contribution < -0.4 is 19.7 Å². The number of nitrogens with one attached hydrogen (secondary N) is 1. The number of ether oxygens (including phenoxy) is 2. The molecule has 136 valence electrons. The number of rotatable bonds is 5. The standard InChI is InChI=1S/C19H19ClN2O4/c1-25-15-6-7-16(17(10-15)26-2)21-19(24)12-8-18(23)22(11-12)14-5-3-4-13(20)9-14/h3-7,9-10,12H,8,11H2,1-2H3,(H,21,24)/t12-/m0/s1. The first-order valence-electron chi connectivity index (χ1n) is 8.10. The smallest absolute Gasteiger partial charge is 0.229 e. The van der Waals surface area contributed by atoms with E-state index in [1.807, 2.05) is 0 Å². The van der Waals surface area contributed by atoms with Gasteiger partial charge in [0.1, 0.15) is 11.5 Å². The Hall–Kier alpha value is -2.73. The van der Waals surface area contributed by atoms with E-state index in [1.165, 1.54) is 7.11 Å². The molecule has 2 aromatic carbocycles. The Morgan fingerprint density at radius 3 is 2.69 bits per heavy atom.